The highest BCUT2D eigenvalue weighted by molar-refractivity contribution is 5.85. The van der Waals surface area contributed by atoms with Crippen molar-refractivity contribution < 1.29 is 9.72 Å². The van der Waals surface area contributed by atoms with Crippen molar-refractivity contribution in [2.45, 2.75) is 25.8 Å². The van der Waals surface area contributed by atoms with E-state index in [1.54, 1.807) is 12.1 Å². The van der Waals surface area contributed by atoms with Crippen molar-refractivity contribution in [3.63, 3.8) is 0 Å². The van der Waals surface area contributed by atoms with Gasteiger partial charge in [-0.2, -0.15) is 0 Å². The summed E-state index contributed by atoms with van der Waals surface area (Å²) in [5, 5.41) is 13.9. The summed E-state index contributed by atoms with van der Waals surface area (Å²) in [7, 11) is 0. The molecule has 0 unspecified atom stereocenters. The Morgan fingerprint density at radius 2 is 1.82 bits per heavy atom. The number of likely N-dealkylation sites (tertiary alicyclic amines) is 1. The van der Waals surface area contributed by atoms with Gasteiger partial charge in [-0.3, -0.25) is 14.9 Å². The highest BCUT2D eigenvalue weighted by Gasteiger charge is 2.46. The smallest absolute Gasteiger partial charge is 0.269 e. The molecule has 1 N–H and O–H groups in total. The maximum absolute atomic E-state index is 12.7. The minimum atomic E-state index is -0.408. The number of hydrogen-bond acceptors (Lipinski definition) is 4. The van der Waals surface area contributed by atoms with E-state index in [2.05, 4.69) is 5.32 Å². The SMILES string of the molecule is Cl.O=C1N(Cc2ccc([N+](=O)[O-])cc2)CCC12CCNCC2. The highest BCUT2D eigenvalue weighted by Crippen LogP contribution is 2.40. The number of hydrogen-bond donors (Lipinski definition) is 1. The van der Waals surface area contributed by atoms with Crippen LogP contribution in [0.3, 0.4) is 0 Å². The summed E-state index contributed by atoms with van der Waals surface area (Å²) in [5.41, 5.74) is 0.868. The Bertz CT molecular complexity index is 556. The highest BCUT2D eigenvalue weighted by atomic mass is 35.5. The average Bonchev–Trinajstić information content (AvgIpc) is 2.78. The van der Waals surface area contributed by atoms with Crippen molar-refractivity contribution in [3.05, 3.63) is 39.9 Å². The third-order valence-corrected chi connectivity index (χ3v) is 4.68. The van der Waals surface area contributed by atoms with Crippen LogP contribution >= 0.6 is 12.4 Å². The number of piperidine rings is 1. The first kappa shape index (κ1) is 16.7. The summed E-state index contributed by atoms with van der Waals surface area (Å²) in [6.45, 7) is 3.16. The lowest BCUT2D eigenvalue weighted by atomic mass is 9.78. The Morgan fingerprint density at radius 1 is 1.18 bits per heavy atom. The largest absolute Gasteiger partial charge is 0.338 e. The normalized spacial score (nSPS) is 20.0. The molecule has 2 aliphatic heterocycles. The standard InChI is InChI=1S/C15H19N3O3.ClH/c19-14-15(5-8-16-9-6-15)7-10-17(14)11-12-1-3-13(4-2-12)18(20)21;/h1-4,16H,5-11H2;1H. The van der Waals surface area contributed by atoms with Crippen LogP contribution < -0.4 is 5.32 Å². The fraction of sp³-hybridized carbons (Fsp3) is 0.533. The summed E-state index contributed by atoms with van der Waals surface area (Å²) in [5.74, 6) is 0.252. The van der Waals surface area contributed by atoms with Gasteiger partial charge in [0.05, 0.1) is 10.3 Å². The molecule has 7 heteroatoms. The number of amides is 1. The molecule has 3 rings (SSSR count). The molecule has 0 atom stereocenters. The van der Waals surface area contributed by atoms with Crippen LogP contribution in [0.5, 0.6) is 0 Å². The van der Waals surface area contributed by atoms with Gasteiger partial charge in [-0.05, 0) is 37.9 Å². The van der Waals surface area contributed by atoms with E-state index in [0.717, 1.165) is 44.5 Å². The maximum atomic E-state index is 12.7. The molecule has 2 heterocycles. The van der Waals surface area contributed by atoms with Crippen molar-refractivity contribution >= 4 is 24.0 Å². The van der Waals surface area contributed by atoms with Crippen LogP contribution in [0.4, 0.5) is 5.69 Å². The molecule has 0 saturated carbocycles. The van der Waals surface area contributed by atoms with E-state index >= 15 is 0 Å². The molecule has 2 saturated heterocycles. The van der Waals surface area contributed by atoms with Crippen molar-refractivity contribution in [1.82, 2.24) is 10.2 Å². The average molecular weight is 326 g/mol. The molecular weight excluding hydrogens is 306 g/mol. The van der Waals surface area contributed by atoms with Gasteiger partial charge in [0.1, 0.15) is 0 Å². The molecule has 2 fully saturated rings. The van der Waals surface area contributed by atoms with Gasteiger partial charge in [0.2, 0.25) is 5.91 Å². The van der Waals surface area contributed by atoms with Gasteiger partial charge in [-0.1, -0.05) is 12.1 Å². The zero-order valence-electron chi connectivity index (χ0n) is 12.3. The van der Waals surface area contributed by atoms with Crippen LogP contribution in [0, 0.1) is 15.5 Å². The minimum absolute atomic E-state index is 0. The molecule has 0 bridgehead atoms. The van der Waals surface area contributed by atoms with Crippen LogP contribution in [0.1, 0.15) is 24.8 Å². The number of nitro benzene ring substituents is 1. The van der Waals surface area contributed by atoms with Gasteiger partial charge >= 0.3 is 0 Å². The second kappa shape index (κ2) is 6.62. The van der Waals surface area contributed by atoms with Gasteiger partial charge in [-0.25, -0.2) is 0 Å². The topological polar surface area (TPSA) is 75.5 Å². The lowest BCUT2D eigenvalue weighted by Crippen LogP contribution is -2.42. The summed E-state index contributed by atoms with van der Waals surface area (Å²) < 4.78 is 0. The second-order valence-electron chi connectivity index (χ2n) is 5.93. The van der Waals surface area contributed by atoms with E-state index in [9.17, 15) is 14.9 Å². The van der Waals surface area contributed by atoms with Crippen LogP contribution in [-0.2, 0) is 11.3 Å². The first-order valence-corrected chi connectivity index (χ1v) is 7.34. The van der Waals surface area contributed by atoms with Crippen LogP contribution in [-0.4, -0.2) is 35.4 Å². The molecule has 1 spiro atoms. The first-order chi connectivity index (χ1) is 10.1. The van der Waals surface area contributed by atoms with Crippen molar-refractivity contribution in [3.8, 4) is 0 Å². The number of rotatable bonds is 3. The molecule has 1 aromatic carbocycles. The van der Waals surface area contributed by atoms with E-state index in [1.165, 1.54) is 12.1 Å². The Labute approximate surface area is 135 Å². The monoisotopic (exact) mass is 325 g/mol. The predicted octanol–water partition coefficient (Wildman–Crippen LogP) is 2.12. The predicted molar refractivity (Wildman–Crippen MR) is 84.9 cm³/mol. The first-order valence-electron chi connectivity index (χ1n) is 7.34. The van der Waals surface area contributed by atoms with E-state index in [-0.39, 0.29) is 29.4 Å². The van der Waals surface area contributed by atoms with E-state index in [4.69, 9.17) is 0 Å². The summed E-state index contributed by atoms with van der Waals surface area (Å²) in [6.07, 6.45) is 2.77. The zero-order valence-corrected chi connectivity index (χ0v) is 13.1. The van der Waals surface area contributed by atoms with Crippen molar-refractivity contribution in [2.75, 3.05) is 19.6 Å². The van der Waals surface area contributed by atoms with E-state index in [0.29, 0.717) is 6.54 Å². The van der Waals surface area contributed by atoms with Gasteiger partial charge in [-0.15, -0.1) is 12.4 Å². The van der Waals surface area contributed by atoms with Gasteiger partial charge in [0, 0.05) is 25.2 Å². The lowest BCUT2D eigenvalue weighted by molar-refractivity contribution is -0.384. The summed E-state index contributed by atoms with van der Waals surface area (Å²) in [4.78, 5) is 24.8. The third kappa shape index (κ3) is 3.08. The van der Waals surface area contributed by atoms with Crippen LogP contribution in [0.2, 0.25) is 0 Å². The fourth-order valence-corrected chi connectivity index (χ4v) is 3.36. The number of nitrogens with one attached hydrogen (secondary N) is 1. The maximum Gasteiger partial charge on any atom is 0.269 e. The molecule has 1 amide bonds. The number of nitrogens with zero attached hydrogens (tertiary/aromatic N) is 2. The van der Waals surface area contributed by atoms with Crippen LogP contribution in [0.25, 0.3) is 0 Å². The number of carbonyl (C=O) groups excluding carboxylic acids is 1. The number of benzene rings is 1. The Hall–Kier alpha value is -1.66. The second-order valence-corrected chi connectivity index (χ2v) is 5.93. The molecule has 2 aliphatic rings. The Balaban J connectivity index is 0.00000176. The Kier molecular flexibility index (Phi) is 5.03. The van der Waals surface area contributed by atoms with E-state index in [1.807, 2.05) is 4.90 Å². The summed E-state index contributed by atoms with van der Waals surface area (Å²) >= 11 is 0. The quantitative estimate of drug-likeness (QED) is 0.682. The number of carbonyl (C=O) groups is 1. The van der Waals surface area contributed by atoms with Crippen molar-refractivity contribution in [1.29, 1.82) is 0 Å². The minimum Gasteiger partial charge on any atom is -0.338 e. The molecule has 22 heavy (non-hydrogen) atoms. The number of halogens is 1. The number of non-ortho nitro benzene ring substituents is 1. The number of nitro groups is 1. The Morgan fingerprint density at radius 3 is 2.41 bits per heavy atom. The van der Waals surface area contributed by atoms with Gasteiger partial charge in [0.25, 0.3) is 5.69 Å². The molecule has 0 aliphatic carbocycles. The molecule has 120 valence electrons. The zero-order chi connectivity index (χ0) is 14.9. The summed E-state index contributed by atoms with van der Waals surface area (Å²) in [6, 6.07) is 6.46. The molecule has 0 aromatic heterocycles. The molecule has 6 nitrogen and oxygen atoms in total. The van der Waals surface area contributed by atoms with Gasteiger partial charge in [0.15, 0.2) is 0 Å². The van der Waals surface area contributed by atoms with Crippen LogP contribution in [0.15, 0.2) is 24.3 Å². The molecule has 0 radical (unpaired) electrons. The van der Waals surface area contributed by atoms with E-state index < -0.39 is 4.92 Å². The third-order valence-electron chi connectivity index (χ3n) is 4.68. The molecular formula is C15H20ClN3O3. The lowest BCUT2D eigenvalue weighted by Gasteiger charge is -2.32. The fourth-order valence-electron chi connectivity index (χ4n) is 3.36. The van der Waals surface area contributed by atoms with Crippen molar-refractivity contribution in [2.24, 2.45) is 5.41 Å². The molecule has 1 aromatic rings. The van der Waals surface area contributed by atoms with Gasteiger partial charge < -0.3 is 10.2 Å².